The Bertz CT molecular complexity index is 149. The van der Waals surface area contributed by atoms with Gasteiger partial charge in [-0.1, -0.05) is 20.8 Å². The molecule has 1 fully saturated rings. The summed E-state index contributed by atoms with van der Waals surface area (Å²) in [6, 6.07) is 0. The van der Waals surface area contributed by atoms with Crippen molar-refractivity contribution in [1.82, 2.24) is 4.90 Å². The molecule has 1 aliphatic heterocycles. The summed E-state index contributed by atoms with van der Waals surface area (Å²) >= 11 is 0. The summed E-state index contributed by atoms with van der Waals surface area (Å²) in [5.41, 5.74) is 0.559. The molecular formula is C13H29NO. The molecule has 0 saturated carbocycles. The molecule has 0 radical (unpaired) electrons. The molecule has 1 rings (SSSR count). The van der Waals surface area contributed by atoms with Crippen molar-refractivity contribution in [3.05, 3.63) is 0 Å². The molecule has 1 heterocycles. The van der Waals surface area contributed by atoms with Crippen LogP contribution in [0.25, 0.3) is 0 Å². The van der Waals surface area contributed by atoms with Crippen molar-refractivity contribution in [2.45, 2.75) is 47.0 Å². The summed E-state index contributed by atoms with van der Waals surface area (Å²) in [7, 11) is 2.22. The van der Waals surface area contributed by atoms with Gasteiger partial charge in [0.05, 0.1) is 0 Å². The van der Waals surface area contributed by atoms with E-state index in [1.807, 2.05) is 13.8 Å². The largest absolute Gasteiger partial charge is 0.382 e. The third kappa shape index (κ3) is 4.98. The van der Waals surface area contributed by atoms with E-state index in [0.29, 0.717) is 5.41 Å². The summed E-state index contributed by atoms with van der Waals surface area (Å²) < 4.78 is 5.44. The molecule has 2 nitrogen and oxygen atoms in total. The second-order valence-electron chi connectivity index (χ2n) is 4.29. The third-order valence-electron chi connectivity index (χ3n) is 3.36. The first kappa shape index (κ1) is 14.9. The smallest absolute Gasteiger partial charge is 0.0471 e. The molecule has 0 aliphatic carbocycles. The van der Waals surface area contributed by atoms with Gasteiger partial charge in [0.15, 0.2) is 0 Å². The first-order valence-corrected chi connectivity index (χ1v) is 6.49. The molecule has 0 bridgehead atoms. The predicted molar refractivity (Wildman–Crippen MR) is 67.3 cm³/mol. The van der Waals surface area contributed by atoms with Crippen LogP contribution in [0.4, 0.5) is 0 Å². The minimum Gasteiger partial charge on any atom is -0.382 e. The van der Waals surface area contributed by atoms with Crippen molar-refractivity contribution in [3.63, 3.8) is 0 Å². The Morgan fingerprint density at radius 1 is 1.27 bits per heavy atom. The molecule has 0 aromatic carbocycles. The quantitative estimate of drug-likeness (QED) is 0.653. The second kappa shape index (κ2) is 8.12. The highest BCUT2D eigenvalue weighted by molar-refractivity contribution is 4.87. The number of hydrogen-bond donors (Lipinski definition) is 0. The maximum Gasteiger partial charge on any atom is 0.0471 e. The van der Waals surface area contributed by atoms with Crippen molar-refractivity contribution in [3.8, 4) is 0 Å². The minimum atomic E-state index is 0.559. The first-order valence-electron chi connectivity index (χ1n) is 6.49. The lowest BCUT2D eigenvalue weighted by atomic mass is 9.81. The molecule has 1 aliphatic rings. The standard InChI is InChI=1S/C11H23NO.C2H6/c1-4-11(7-9-13-5-2)6-8-12(3)10-11;1-2/h4-10H2,1-3H3;1-2H3. The van der Waals surface area contributed by atoms with Crippen LogP contribution in [0.3, 0.4) is 0 Å². The molecule has 1 atom stereocenters. The van der Waals surface area contributed by atoms with E-state index in [1.165, 1.54) is 32.4 Å². The predicted octanol–water partition coefficient (Wildman–Crippen LogP) is 3.17. The summed E-state index contributed by atoms with van der Waals surface area (Å²) in [6.07, 6.45) is 3.89. The van der Waals surface area contributed by atoms with Crippen LogP contribution in [0.5, 0.6) is 0 Å². The van der Waals surface area contributed by atoms with Gasteiger partial charge < -0.3 is 9.64 Å². The molecule has 2 heteroatoms. The summed E-state index contributed by atoms with van der Waals surface area (Å²) in [6.45, 7) is 12.7. The Balaban J connectivity index is 0.000000921. The molecule has 0 aromatic rings. The fourth-order valence-electron chi connectivity index (χ4n) is 2.26. The monoisotopic (exact) mass is 215 g/mol. The third-order valence-corrected chi connectivity index (χ3v) is 3.36. The highest BCUT2D eigenvalue weighted by atomic mass is 16.5. The van der Waals surface area contributed by atoms with Crippen LogP contribution in [0.15, 0.2) is 0 Å². The van der Waals surface area contributed by atoms with E-state index >= 15 is 0 Å². The van der Waals surface area contributed by atoms with E-state index in [2.05, 4.69) is 25.8 Å². The normalized spacial score (nSPS) is 26.2. The Kier molecular flexibility index (Phi) is 8.07. The van der Waals surface area contributed by atoms with E-state index in [1.54, 1.807) is 0 Å². The molecule has 0 spiro atoms. The molecule has 0 aromatic heterocycles. The fraction of sp³-hybridized carbons (Fsp3) is 1.00. The van der Waals surface area contributed by atoms with Crippen LogP contribution in [0.1, 0.15) is 47.0 Å². The topological polar surface area (TPSA) is 12.5 Å². The van der Waals surface area contributed by atoms with Crippen LogP contribution in [-0.2, 0) is 4.74 Å². The van der Waals surface area contributed by atoms with Crippen LogP contribution in [0, 0.1) is 5.41 Å². The second-order valence-corrected chi connectivity index (χ2v) is 4.29. The van der Waals surface area contributed by atoms with Gasteiger partial charge in [0.25, 0.3) is 0 Å². The van der Waals surface area contributed by atoms with Gasteiger partial charge >= 0.3 is 0 Å². The van der Waals surface area contributed by atoms with Gasteiger partial charge in [-0.2, -0.15) is 0 Å². The van der Waals surface area contributed by atoms with Crippen LogP contribution in [0.2, 0.25) is 0 Å². The first-order chi connectivity index (χ1) is 7.22. The van der Waals surface area contributed by atoms with Gasteiger partial charge in [-0.25, -0.2) is 0 Å². The average molecular weight is 215 g/mol. The molecule has 0 N–H and O–H groups in total. The van der Waals surface area contributed by atoms with E-state index in [9.17, 15) is 0 Å². The number of ether oxygens (including phenoxy) is 1. The van der Waals surface area contributed by atoms with Gasteiger partial charge in [-0.05, 0) is 45.2 Å². The zero-order chi connectivity index (χ0) is 11.7. The van der Waals surface area contributed by atoms with Crippen LogP contribution < -0.4 is 0 Å². The maximum absolute atomic E-state index is 5.44. The summed E-state index contributed by atoms with van der Waals surface area (Å²) in [4.78, 5) is 2.44. The van der Waals surface area contributed by atoms with E-state index < -0.39 is 0 Å². The van der Waals surface area contributed by atoms with Gasteiger partial charge in [0.2, 0.25) is 0 Å². The average Bonchev–Trinajstić information content (AvgIpc) is 2.64. The number of nitrogens with zero attached hydrogens (tertiary/aromatic N) is 1. The van der Waals surface area contributed by atoms with Crippen molar-refractivity contribution in [1.29, 1.82) is 0 Å². The lowest BCUT2D eigenvalue weighted by molar-refractivity contribution is 0.103. The summed E-state index contributed by atoms with van der Waals surface area (Å²) in [5, 5.41) is 0. The van der Waals surface area contributed by atoms with E-state index in [4.69, 9.17) is 4.74 Å². The molecule has 15 heavy (non-hydrogen) atoms. The van der Waals surface area contributed by atoms with Gasteiger partial charge in [0, 0.05) is 19.8 Å². The van der Waals surface area contributed by atoms with Crippen LogP contribution >= 0.6 is 0 Å². The van der Waals surface area contributed by atoms with Crippen LogP contribution in [-0.4, -0.2) is 38.3 Å². The van der Waals surface area contributed by atoms with Crippen molar-refractivity contribution in [2.24, 2.45) is 5.41 Å². The highest BCUT2D eigenvalue weighted by Gasteiger charge is 2.34. The van der Waals surface area contributed by atoms with Gasteiger partial charge in [-0.3, -0.25) is 0 Å². The zero-order valence-electron chi connectivity index (χ0n) is 11.3. The number of likely N-dealkylation sites (tertiary alicyclic amines) is 1. The summed E-state index contributed by atoms with van der Waals surface area (Å²) in [5.74, 6) is 0. The number of rotatable bonds is 5. The van der Waals surface area contributed by atoms with E-state index in [-0.39, 0.29) is 0 Å². The molecule has 0 amide bonds. The SMILES string of the molecule is CC.CCOCCC1(CC)CCN(C)C1. The van der Waals surface area contributed by atoms with Gasteiger partial charge in [0.1, 0.15) is 0 Å². The van der Waals surface area contributed by atoms with Crippen molar-refractivity contribution < 1.29 is 4.74 Å². The molecule has 1 unspecified atom stereocenters. The Labute approximate surface area is 96.0 Å². The molecular weight excluding hydrogens is 186 g/mol. The Hall–Kier alpha value is -0.0800. The highest BCUT2D eigenvalue weighted by Crippen LogP contribution is 2.36. The Morgan fingerprint density at radius 3 is 2.33 bits per heavy atom. The molecule has 92 valence electrons. The fourth-order valence-corrected chi connectivity index (χ4v) is 2.26. The lowest BCUT2D eigenvalue weighted by Gasteiger charge is -2.27. The van der Waals surface area contributed by atoms with Crippen molar-refractivity contribution >= 4 is 0 Å². The maximum atomic E-state index is 5.44. The zero-order valence-corrected chi connectivity index (χ0v) is 11.3. The van der Waals surface area contributed by atoms with Gasteiger partial charge in [-0.15, -0.1) is 0 Å². The van der Waals surface area contributed by atoms with Crippen molar-refractivity contribution in [2.75, 3.05) is 33.4 Å². The minimum absolute atomic E-state index is 0.559. The van der Waals surface area contributed by atoms with E-state index in [0.717, 1.165) is 13.2 Å². The number of hydrogen-bond acceptors (Lipinski definition) is 2. The lowest BCUT2D eigenvalue weighted by Crippen LogP contribution is -2.26. The Morgan fingerprint density at radius 2 is 1.93 bits per heavy atom. The molecule has 1 saturated heterocycles.